The number of methoxy groups -OCH3 is 1. The van der Waals surface area contributed by atoms with Gasteiger partial charge in [0.15, 0.2) is 0 Å². The van der Waals surface area contributed by atoms with Crippen LogP contribution in [0.1, 0.15) is 6.92 Å². The maximum atomic E-state index is 12.6. The molecule has 4 rings (SSSR count). The minimum Gasteiger partial charge on any atom is -0.494 e. The first-order valence-electron chi connectivity index (χ1n) is 8.66. The second-order valence-corrected chi connectivity index (χ2v) is 7.44. The van der Waals surface area contributed by atoms with Gasteiger partial charge in [0.1, 0.15) is 11.4 Å². The van der Waals surface area contributed by atoms with E-state index < -0.39 is 5.25 Å². The fraction of sp³-hybridized carbons (Fsp3) is 0.167. The van der Waals surface area contributed by atoms with Crippen LogP contribution in [-0.4, -0.2) is 48.4 Å². The number of ether oxygens (including phenoxy) is 1. The Morgan fingerprint density at radius 2 is 2.00 bits per heavy atom. The van der Waals surface area contributed by atoms with Crippen LogP contribution in [0.5, 0.6) is 5.75 Å². The van der Waals surface area contributed by atoms with E-state index in [0.29, 0.717) is 33.3 Å². The summed E-state index contributed by atoms with van der Waals surface area (Å²) in [7, 11) is 1.57. The Morgan fingerprint density at radius 3 is 2.83 bits per heavy atom. The molecule has 11 heteroatoms. The summed E-state index contributed by atoms with van der Waals surface area (Å²) in [5.74, 6) is 0.398. The summed E-state index contributed by atoms with van der Waals surface area (Å²) < 4.78 is 6.89. The van der Waals surface area contributed by atoms with Crippen LogP contribution >= 0.6 is 11.8 Å². The maximum Gasteiger partial charge on any atom is 0.323 e. The fourth-order valence-electron chi connectivity index (χ4n) is 2.77. The number of carbonyl (C=O) groups excluding carboxylic acids is 1. The third kappa shape index (κ3) is 3.85. The first kappa shape index (κ1) is 18.7. The highest BCUT2D eigenvalue weighted by Gasteiger charge is 2.20. The molecule has 2 aromatic carbocycles. The Kier molecular flexibility index (Phi) is 5.04. The summed E-state index contributed by atoms with van der Waals surface area (Å²) in [6.45, 7) is 1.76. The highest BCUT2D eigenvalue weighted by molar-refractivity contribution is 8.00. The number of para-hydroxylation sites is 2. The molecule has 1 atom stereocenters. The predicted octanol–water partition coefficient (Wildman–Crippen LogP) is 1.96. The number of aromatic nitrogens is 6. The number of anilines is 1. The van der Waals surface area contributed by atoms with Crippen molar-refractivity contribution in [3.63, 3.8) is 0 Å². The molecule has 0 spiro atoms. The molecule has 0 bridgehead atoms. The van der Waals surface area contributed by atoms with Crippen molar-refractivity contribution in [1.29, 1.82) is 0 Å². The van der Waals surface area contributed by atoms with E-state index in [9.17, 15) is 9.59 Å². The van der Waals surface area contributed by atoms with Gasteiger partial charge in [0.2, 0.25) is 11.1 Å². The zero-order valence-corrected chi connectivity index (χ0v) is 16.4. The van der Waals surface area contributed by atoms with Gasteiger partial charge in [-0.25, -0.2) is 4.79 Å². The van der Waals surface area contributed by atoms with Crippen LogP contribution in [-0.2, 0) is 4.79 Å². The molecular weight excluding hydrogens is 394 g/mol. The van der Waals surface area contributed by atoms with E-state index in [1.54, 1.807) is 32.2 Å². The molecule has 1 amide bonds. The fourth-order valence-corrected chi connectivity index (χ4v) is 3.57. The van der Waals surface area contributed by atoms with Crippen molar-refractivity contribution in [3.05, 3.63) is 52.9 Å². The van der Waals surface area contributed by atoms with E-state index in [4.69, 9.17) is 4.74 Å². The van der Waals surface area contributed by atoms with Crippen LogP contribution < -0.4 is 15.7 Å². The smallest absolute Gasteiger partial charge is 0.323 e. The number of imidazole rings is 1. The highest BCUT2D eigenvalue weighted by Crippen LogP contribution is 2.28. The first-order valence-corrected chi connectivity index (χ1v) is 9.54. The van der Waals surface area contributed by atoms with Crippen molar-refractivity contribution < 1.29 is 9.53 Å². The van der Waals surface area contributed by atoms with Crippen molar-refractivity contribution in [2.45, 2.75) is 17.3 Å². The quantitative estimate of drug-likeness (QED) is 0.413. The number of tetrazole rings is 1. The van der Waals surface area contributed by atoms with Gasteiger partial charge in [-0.3, -0.25) is 4.79 Å². The van der Waals surface area contributed by atoms with E-state index in [1.165, 1.54) is 16.4 Å². The molecule has 0 aliphatic carbocycles. The monoisotopic (exact) mass is 411 g/mol. The van der Waals surface area contributed by atoms with Crippen LogP contribution in [0.3, 0.4) is 0 Å². The number of nitrogens with zero attached hydrogens (tertiary/aromatic N) is 4. The molecule has 0 saturated carbocycles. The van der Waals surface area contributed by atoms with E-state index in [2.05, 4.69) is 30.8 Å². The van der Waals surface area contributed by atoms with E-state index >= 15 is 0 Å². The van der Waals surface area contributed by atoms with Gasteiger partial charge < -0.3 is 20.0 Å². The van der Waals surface area contributed by atoms with E-state index in [-0.39, 0.29) is 11.6 Å². The number of rotatable bonds is 6. The standard InChI is InChI=1S/C18H17N7O3S/c1-10(16(26)19-11-7-8-12-13(9-11)21-17(27)20-12)29-18-22-23-24-25(18)14-5-3-4-6-15(14)28-2/h3-10H,1-2H3,(H,19,26)(H2,20,21,27)/t10-/m0/s1. The highest BCUT2D eigenvalue weighted by atomic mass is 32.2. The number of H-pyrrole nitrogens is 2. The topological polar surface area (TPSA) is 131 Å². The van der Waals surface area contributed by atoms with E-state index in [0.717, 1.165) is 0 Å². The number of fused-ring (bicyclic) bond motifs is 1. The van der Waals surface area contributed by atoms with Gasteiger partial charge in [0.05, 0.1) is 23.4 Å². The van der Waals surface area contributed by atoms with Gasteiger partial charge in [0.25, 0.3) is 0 Å². The normalized spacial score (nSPS) is 12.1. The molecule has 0 radical (unpaired) electrons. The average Bonchev–Trinajstić information content (AvgIpc) is 3.32. The maximum absolute atomic E-state index is 12.6. The van der Waals surface area contributed by atoms with Crippen molar-refractivity contribution in [3.8, 4) is 11.4 Å². The number of thioether (sulfide) groups is 1. The van der Waals surface area contributed by atoms with Crippen molar-refractivity contribution in [2.75, 3.05) is 12.4 Å². The lowest BCUT2D eigenvalue weighted by Gasteiger charge is -2.13. The summed E-state index contributed by atoms with van der Waals surface area (Å²) in [6.07, 6.45) is 0. The lowest BCUT2D eigenvalue weighted by molar-refractivity contribution is -0.115. The van der Waals surface area contributed by atoms with E-state index in [1.807, 2.05) is 24.3 Å². The van der Waals surface area contributed by atoms with Crippen LogP contribution in [0, 0.1) is 0 Å². The lowest BCUT2D eigenvalue weighted by Crippen LogP contribution is -2.23. The zero-order chi connectivity index (χ0) is 20.4. The van der Waals surface area contributed by atoms with Gasteiger partial charge in [-0.1, -0.05) is 23.9 Å². The molecule has 0 aliphatic rings. The van der Waals surface area contributed by atoms with Crippen LogP contribution in [0.4, 0.5) is 5.69 Å². The number of hydrogen-bond acceptors (Lipinski definition) is 7. The number of amides is 1. The third-order valence-corrected chi connectivity index (χ3v) is 5.22. The Balaban J connectivity index is 1.50. The number of benzene rings is 2. The van der Waals surface area contributed by atoms with Crippen LogP contribution in [0.15, 0.2) is 52.4 Å². The molecule has 0 saturated heterocycles. The minimum atomic E-state index is -0.476. The van der Waals surface area contributed by atoms with Crippen molar-refractivity contribution >= 4 is 34.4 Å². The summed E-state index contributed by atoms with van der Waals surface area (Å²) in [4.78, 5) is 29.3. The summed E-state index contributed by atoms with van der Waals surface area (Å²) >= 11 is 1.22. The Labute approximate surface area is 168 Å². The molecule has 3 N–H and O–H groups in total. The molecule has 0 fully saturated rings. The predicted molar refractivity (Wildman–Crippen MR) is 109 cm³/mol. The number of hydrogen-bond donors (Lipinski definition) is 3. The molecular formula is C18H17N7O3S. The summed E-state index contributed by atoms with van der Waals surface area (Å²) in [5, 5.41) is 14.6. The molecule has 0 unspecified atom stereocenters. The van der Waals surface area contributed by atoms with Gasteiger partial charge in [-0.15, -0.1) is 5.10 Å². The molecule has 4 aromatic rings. The van der Waals surface area contributed by atoms with Crippen LogP contribution in [0.2, 0.25) is 0 Å². The SMILES string of the molecule is COc1ccccc1-n1nnnc1S[C@@H](C)C(=O)Nc1ccc2[nH]c(=O)[nH]c2c1. The molecule has 29 heavy (non-hydrogen) atoms. The van der Waals surface area contributed by atoms with Gasteiger partial charge >= 0.3 is 5.69 Å². The molecule has 148 valence electrons. The zero-order valence-electron chi connectivity index (χ0n) is 15.5. The summed E-state index contributed by atoms with van der Waals surface area (Å²) in [6, 6.07) is 12.5. The summed E-state index contributed by atoms with van der Waals surface area (Å²) in [5.41, 5.74) is 2.25. The first-order chi connectivity index (χ1) is 14.0. The van der Waals surface area contributed by atoms with Crippen molar-refractivity contribution in [1.82, 2.24) is 30.2 Å². The Morgan fingerprint density at radius 1 is 1.21 bits per heavy atom. The molecule has 10 nitrogen and oxygen atoms in total. The lowest BCUT2D eigenvalue weighted by atomic mass is 10.2. The van der Waals surface area contributed by atoms with Gasteiger partial charge in [-0.05, 0) is 47.7 Å². The van der Waals surface area contributed by atoms with Crippen molar-refractivity contribution in [2.24, 2.45) is 0 Å². The Hall–Kier alpha value is -3.60. The molecule has 2 heterocycles. The minimum absolute atomic E-state index is 0.221. The Bertz CT molecular complexity index is 1230. The van der Waals surface area contributed by atoms with Gasteiger partial charge in [-0.2, -0.15) is 4.68 Å². The largest absolute Gasteiger partial charge is 0.494 e. The number of carbonyl (C=O) groups is 1. The third-order valence-electron chi connectivity index (χ3n) is 4.19. The second-order valence-electron chi connectivity index (χ2n) is 6.13. The van der Waals surface area contributed by atoms with Gasteiger partial charge in [0, 0.05) is 5.69 Å². The average molecular weight is 411 g/mol. The van der Waals surface area contributed by atoms with Crippen LogP contribution in [0.25, 0.3) is 16.7 Å². The molecule has 0 aliphatic heterocycles. The molecule has 2 aromatic heterocycles. The number of aromatic amines is 2. The second kappa shape index (κ2) is 7.80. The number of nitrogens with one attached hydrogen (secondary N) is 3.